The quantitative estimate of drug-likeness (QED) is 0.787. The Morgan fingerprint density at radius 1 is 1.12 bits per heavy atom. The Labute approximate surface area is 148 Å². The lowest BCUT2D eigenvalue weighted by Gasteiger charge is -2.44. The molecule has 2 aliphatic heterocycles. The molecule has 0 spiro atoms. The van der Waals surface area contributed by atoms with Gasteiger partial charge in [-0.05, 0) is 58.0 Å². The van der Waals surface area contributed by atoms with E-state index in [1.165, 1.54) is 51.9 Å². The van der Waals surface area contributed by atoms with E-state index in [0.29, 0.717) is 12.0 Å². The third-order valence-corrected chi connectivity index (χ3v) is 5.99. The molecule has 2 aromatic heterocycles. The van der Waals surface area contributed by atoms with Crippen LogP contribution in [-0.2, 0) is 0 Å². The Bertz CT molecular complexity index is 741. The molecule has 0 aromatic carbocycles. The fourth-order valence-electron chi connectivity index (χ4n) is 3.97. The lowest BCUT2D eigenvalue weighted by molar-refractivity contribution is 0.179. The molecule has 3 aliphatic rings. The topological polar surface area (TPSA) is 52.8 Å². The van der Waals surface area contributed by atoms with E-state index in [2.05, 4.69) is 38.0 Å². The van der Waals surface area contributed by atoms with Crippen LogP contribution in [-0.4, -0.2) is 82.0 Å². The van der Waals surface area contributed by atoms with Gasteiger partial charge in [-0.1, -0.05) is 0 Å². The summed E-state index contributed by atoms with van der Waals surface area (Å²) in [4.78, 5) is 7.47. The molecule has 1 saturated carbocycles. The predicted molar refractivity (Wildman–Crippen MR) is 97.1 cm³/mol. The highest BCUT2D eigenvalue weighted by Crippen LogP contribution is 2.38. The van der Waals surface area contributed by atoms with E-state index < -0.39 is 0 Å². The standard InChI is InChI=1S/C18H27N7/c1-22(10-11-23-8-2-3-9-23)15-12-24(13-15)17-7-6-16-19-20-18(14-4-5-14)25(16)21-17/h6-7,14-15H,2-5,8-13H2,1H3. The number of likely N-dealkylation sites (N-methyl/N-ethyl adjacent to an activating group) is 1. The highest BCUT2D eigenvalue weighted by atomic mass is 15.4. The first kappa shape index (κ1) is 15.5. The third kappa shape index (κ3) is 3.00. The van der Waals surface area contributed by atoms with Gasteiger partial charge in [-0.2, -0.15) is 4.52 Å². The molecule has 134 valence electrons. The number of hydrogen-bond acceptors (Lipinski definition) is 6. The number of nitrogens with zero attached hydrogens (tertiary/aromatic N) is 7. The molecule has 2 saturated heterocycles. The van der Waals surface area contributed by atoms with Crippen LogP contribution in [0.1, 0.15) is 37.4 Å². The van der Waals surface area contributed by atoms with E-state index in [0.717, 1.165) is 30.4 Å². The van der Waals surface area contributed by atoms with Crippen LogP contribution in [0.15, 0.2) is 12.1 Å². The van der Waals surface area contributed by atoms with Gasteiger partial charge < -0.3 is 9.80 Å². The summed E-state index contributed by atoms with van der Waals surface area (Å²) >= 11 is 0. The molecule has 1 aliphatic carbocycles. The number of aromatic nitrogens is 4. The Morgan fingerprint density at radius 3 is 2.68 bits per heavy atom. The Kier molecular flexibility index (Phi) is 3.86. The second-order valence-corrected chi connectivity index (χ2v) is 7.88. The molecule has 0 atom stereocenters. The summed E-state index contributed by atoms with van der Waals surface area (Å²) in [6.45, 7) is 7.09. The smallest absolute Gasteiger partial charge is 0.178 e. The largest absolute Gasteiger partial charge is 0.352 e. The number of anilines is 1. The van der Waals surface area contributed by atoms with Gasteiger partial charge in [-0.3, -0.25) is 4.90 Å². The molecule has 0 bridgehead atoms. The van der Waals surface area contributed by atoms with Gasteiger partial charge in [-0.15, -0.1) is 15.3 Å². The fraction of sp³-hybridized carbons (Fsp3) is 0.722. The van der Waals surface area contributed by atoms with Gasteiger partial charge in [0.15, 0.2) is 11.5 Å². The summed E-state index contributed by atoms with van der Waals surface area (Å²) in [5.41, 5.74) is 0.866. The van der Waals surface area contributed by atoms with E-state index in [4.69, 9.17) is 5.10 Å². The lowest BCUT2D eigenvalue weighted by atomic mass is 10.1. The third-order valence-electron chi connectivity index (χ3n) is 5.99. The zero-order chi connectivity index (χ0) is 16.8. The second kappa shape index (κ2) is 6.21. The molecule has 25 heavy (non-hydrogen) atoms. The van der Waals surface area contributed by atoms with Crippen LogP contribution in [0, 0.1) is 0 Å². The van der Waals surface area contributed by atoms with Gasteiger partial charge in [0.2, 0.25) is 0 Å². The van der Waals surface area contributed by atoms with Crippen molar-refractivity contribution in [2.24, 2.45) is 0 Å². The van der Waals surface area contributed by atoms with Crippen LogP contribution in [0.25, 0.3) is 5.65 Å². The lowest BCUT2D eigenvalue weighted by Crippen LogP contribution is -2.59. The monoisotopic (exact) mass is 341 g/mol. The first-order valence-corrected chi connectivity index (χ1v) is 9.68. The summed E-state index contributed by atoms with van der Waals surface area (Å²) in [5, 5.41) is 13.4. The zero-order valence-corrected chi connectivity index (χ0v) is 15.0. The van der Waals surface area contributed by atoms with Gasteiger partial charge >= 0.3 is 0 Å². The van der Waals surface area contributed by atoms with E-state index >= 15 is 0 Å². The van der Waals surface area contributed by atoms with E-state index in [9.17, 15) is 0 Å². The molecule has 0 radical (unpaired) electrons. The Hall–Kier alpha value is -1.73. The van der Waals surface area contributed by atoms with Gasteiger partial charge in [0, 0.05) is 38.1 Å². The molecule has 4 heterocycles. The maximum atomic E-state index is 4.81. The zero-order valence-electron chi connectivity index (χ0n) is 15.0. The van der Waals surface area contributed by atoms with Crippen molar-refractivity contribution < 1.29 is 0 Å². The van der Waals surface area contributed by atoms with Gasteiger partial charge in [-0.25, -0.2) is 0 Å². The van der Waals surface area contributed by atoms with Crippen molar-refractivity contribution in [3.63, 3.8) is 0 Å². The molecule has 2 aromatic rings. The van der Waals surface area contributed by atoms with E-state index in [1.54, 1.807) is 0 Å². The second-order valence-electron chi connectivity index (χ2n) is 7.88. The number of hydrogen-bond donors (Lipinski definition) is 0. The van der Waals surface area contributed by atoms with Crippen LogP contribution < -0.4 is 4.90 Å². The molecule has 3 fully saturated rings. The first-order chi connectivity index (χ1) is 12.3. The summed E-state index contributed by atoms with van der Waals surface area (Å²) in [7, 11) is 2.26. The van der Waals surface area contributed by atoms with Crippen molar-refractivity contribution in [2.45, 2.75) is 37.6 Å². The number of rotatable bonds is 6. The summed E-state index contributed by atoms with van der Waals surface area (Å²) in [6, 6.07) is 4.77. The van der Waals surface area contributed by atoms with Crippen LogP contribution in [0.3, 0.4) is 0 Å². The predicted octanol–water partition coefficient (Wildman–Crippen LogP) is 1.22. The number of fused-ring (bicyclic) bond motifs is 1. The Morgan fingerprint density at radius 2 is 1.92 bits per heavy atom. The molecule has 0 unspecified atom stereocenters. The van der Waals surface area contributed by atoms with E-state index in [-0.39, 0.29) is 0 Å². The molecule has 7 heteroatoms. The van der Waals surface area contributed by atoms with Crippen molar-refractivity contribution >= 4 is 11.5 Å². The molecule has 0 N–H and O–H groups in total. The summed E-state index contributed by atoms with van der Waals surface area (Å²) in [6.07, 6.45) is 5.20. The van der Waals surface area contributed by atoms with Crippen molar-refractivity contribution in [3.05, 3.63) is 18.0 Å². The maximum Gasteiger partial charge on any atom is 0.178 e. The van der Waals surface area contributed by atoms with Crippen LogP contribution in [0.2, 0.25) is 0 Å². The molecule has 7 nitrogen and oxygen atoms in total. The normalized spacial score (nSPS) is 22.2. The van der Waals surface area contributed by atoms with Crippen LogP contribution in [0.5, 0.6) is 0 Å². The average Bonchev–Trinajstić information content (AvgIpc) is 3.13. The van der Waals surface area contributed by atoms with Crippen molar-refractivity contribution in [1.82, 2.24) is 29.6 Å². The number of likely N-dealkylation sites (tertiary alicyclic amines) is 1. The minimum atomic E-state index is 0.568. The first-order valence-electron chi connectivity index (χ1n) is 9.68. The van der Waals surface area contributed by atoms with Gasteiger partial charge in [0.05, 0.1) is 0 Å². The minimum absolute atomic E-state index is 0.568. The van der Waals surface area contributed by atoms with Crippen LogP contribution >= 0.6 is 0 Å². The molecular formula is C18H27N7. The maximum absolute atomic E-state index is 4.81. The summed E-state index contributed by atoms with van der Waals surface area (Å²) in [5.74, 6) is 2.66. The van der Waals surface area contributed by atoms with Crippen molar-refractivity contribution in [2.75, 3.05) is 51.2 Å². The summed E-state index contributed by atoms with van der Waals surface area (Å²) < 4.78 is 1.96. The highest BCUT2D eigenvalue weighted by molar-refractivity contribution is 5.48. The fourth-order valence-corrected chi connectivity index (χ4v) is 3.97. The Balaban J connectivity index is 1.19. The molecule has 0 amide bonds. The SMILES string of the molecule is CN(CCN1CCCC1)C1CN(c2ccc3nnc(C4CC4)n3n2)C1. The van der Waals surface area contributed by atoms with Gasteiger partial charge in [0.1, 0.15) is 5.82 Å². The van der Waals surface area contributed by atoms with Gasteiger partial charge in [0.25, 0.3) is 0 Å². The molecule has 5 rings (SSSR count). The average molecular weight is 341 g/mol. The molecular weight excluding hydrogens is 314 g/mol. The van der Waals surface area contributed by atoms with E-state index in [1.807, 2.05) is 10.6 Å². The minimum Gasteiger partial charge on any atom is -0.352 e. The van der Waals surface area contributed by atoms with Crippen molar-refractivity contribution in [3.8, 4) is 0 Å². The van der Waals surface area contributed by atoms with Crippen LogP contribution in [0.4, 0.5) is 5.82 Å². The highest BCUT2D eigenvalue weighted by Gasteiger charge is 2.33. The van der Waals surface area contributed by atoms with Crippen molar-refractivity contribution in [1.29, 1.82) is 0 Å².